The van der Waals surface area contributed by atoms with Crippen molar-refractivity contribution in [1.82, 2.24) is 10.2 Å². The number of nitrogens with zero attached hydrogens (tertiary/aromatic N) is 3. The van der Waals surface area contributed by atoms with E-state index in [1.54, 1.807) is 36.4 Å². The quantitative estimate of drug-likeness (QED) is 0.256. The lowest BCUT2D eigenvalue weighted by Gasteiger charge is -2.08. The Morgan fingerprint density at radius 2 is 1.65 bits per heavy atom. The summed E-state index contributed by atoms with van der Waals surface area (Å²) in [5.74, 6) is 0.574. The monoisotopic (exact) mass is 414 g/mol. The molecule has 8 heteroatoms. The first-order chi connectivity index (χ1) is 15.1. The van der Waals surface area contributed by atoms with Gasteiger partial charge in [-0.25, -0.2) is 0 Å². The summed E-state index contributed by atoms with van der Waals surface area (Å²) >= 11 is 0. The molecule has 1 heterocycles. The molecule has 0 atom stereocenters. The maximum absolute atomic E-state index is 12.6. The van der Waals surface area contributed by atoms with Crippen molar-refractivity contribution in [2.45, 2.75) is 6.42 Å². The number of ketones is 1. The van der Waals surface area contributed by atoms with E-state index in [1.807, 2.05) is 30.3 Å². The summed E-state index contributed by atoms with van der Waals surface area (Å²) in [7, 11) is 0. The van der Waals surface area contributed by atoms with Crippen molar-refractivity contribution in [2.75, 3.05) is 11.9 Å². The summed E-state index contributed by atoms with van der Waals surface area (Å²) in [4.78, 5) is 23.6. The number of carbonyl (C=O) groups is 1. The largest absolute Gasteiger partial charge is 0.421 e. The molecule has 4 aromatic rings. The fraction of sp³-hybridized carbons (Fsp3) is 0.0870. The Kier molecular flexibility index (Phi) is 5.79. The first kappa shape index (κ1) is 20.0. The molecule has 0 aliphatic rings. The number of aromatic nitrogens is 2. The van der Waals surface area contributed by atoms with E-state index in [0.717, 1.165) is 5.56 Å². The molecule has 31 heavy (non-hydrogen) atoms. The molecular formula is C23H18N4O4. The lowest BCUT2D eigenvalue weighted by atomic mass is 10.0. The zero-order chi connectivity index (χ0) is 21.6. The molecule has 4 rings (SSSR count). The van der Waals surface area contributed by atoms with Crippen molar-refractivity contribution < 1.29 is 14.1 Å². The van der Waals surface area contributed by atoms with Crippen LogP contribution >= 0.6 is 0 Å². The topological polar surface area (TPSA) is 111 Å². The van der Waals surface area contributed by atoms with E-state index in [0.29, 0.717) is 36.0 Å². The fourth-order valence-corrected chi connectivity index (χ4v) is 3.09. The standard InChI is InChI=1S/C23H18N4O4/c28-22(16-7-3-1-4-8-16)18-11-12-19(20(15-18)27(29)30)24-14-13-21-25-26-23(31-21)17-9-5-2-6-10-17/h1-12,15,24H,13-14H2. The molecule has 1 N–H and O–H groups in total. The third-order valence-corrected chi connectivity index (χ3v) is 4.63. The first-order valence-corrected chi connectivity index (χ1v) is 9.61. The van der Waals surface area contributed by atoms with E-state index in [4.69, 9.17) is 4.42 Å². The van der Waals surface area contributed by atoms with E-state index in [-0.39, 0.29) is 17.0 Å². The normalized spacial score (nSPS) is 10.6. The molecule has 8 nitrogen and oxygen atoms in total. The molecule has 0 saturated heterocycles. The Morgan fingerprint density at radius 1 is 0.935 bits per heavy atom. The van der Waals surface area contributed by atoms with E-state index in [1.165, 1.54) is 12.1 Å². The maximum atomic E-state index is 12.6. The number of carbonyl (C=O) groups excluding carboxylic acids is 1. The molecule has 0 aliphatic carbocycles. The molecule has 3 aromatic carbocycles. The highest BCUT2D eigenvalue weighted by Crippen LogP contribution is 2.27. The summed E-state index contributed by atoms with van der Waals surface area (Å²) in [6, 6.07) is 22.5. The molecule has 0 unspecified atom stereocenters. The maximum Gasteiger partial charge on any atom is 0.293 e. The van der Waals surface area contributed by atoms with Gasteiger partial charge in [0.15, 0.2) is 5.78 Å². The molecular weight excluding hydrogens is 396 g/mol. The average molecular weight is 414 g/mol. The number of anilines is 1. The zero-order valence-corrected chi connectivity index (χ0v) is 16.4. The van der Waals surface area contributed by atoms with Crippen LogP contribution in [0.3, 0.4) is 0 Å². The summed E-state index contributed by atoms with van der Waals surface area (Å²) < 4.78 is 5.64. The Hall–Kier alpha value is -4.33. The summed E-state index contributed by atoms with van der Waals surface area (Å²) in [5.41, 5.74) is 1.70. The van der Waals surface area contributed by atoms with Crippen molar-refractivity contribution in [3.8, 4) is 11.5 Å². The molecule has 0 spiro atoms. The van der Waals surface area contributed by atoms with Crippen LogP contribution < -0.4 is 5.32 Å². The number of hydrogen-bond donors (Lipinski definition) is 1. The van der Waals surface area contributed by atoms with Gasteiger partial charge in [0, 0.05) is 35.7 Å². The van der Waals surface area contributed by atoms with Gasteiger partial charge in [-0.1, -0.05) is 48.5 Å². The molecule has 0 radical (unpaired) electrons. The van der Waals surface area contributed by atoms with E-state index >= 15 is 0 Å². The van der Waals surface area contributed by atoms with Gasteiger partial charge in [0.05, 0.1) is 4.92 Å². The SMILES string of the molecule is O=C(c1ccccc1)c1ccc(NCCc2nnc(-c3ccccc3)o2)c([N+](=O)[O-])c1. The van der Waals surface area contributed by atoms with Crippen LogP contribution in [0.4, 0.5) is 11.4 Å². The first-order valence-electron chi connectivity index (χ1n) is 9.61. The Bertz CT molecular complexity index is 1210. The van der Waals surface area contributed by atoms with Crippen molar-refractivity contribution in [3.05, 3.63) is 106 Å². The number of nitro benzene ring substituents is 1. The number of benzene rings is 3. The molecule has 0 bridgehead atoms. The molecule has 1 aromatic heterocycles. The van der Waals surface area contributed by atoms with Crippen LogP contribution in [-0.2, 0) is 6.42 Å². The predicted molar refractivity (Wildman–Crippen MR) is 115 cm³/mol. The van der Waals surface area contributed by atoms with Crippen molar-refractivity contribution >= 4 is 17.2 Å². The molecule has 154 valence electrons. The number of hydrogen-bond acceptors (Lipinski definition) is 7. The van der Waals surface area contributed by atoms with Crippen LogP contribution in [0.15, 0.2) is 83.3 Å². The van der Waals surface area contributed by atoms with Crippen LogP contribution in [0.2, 0.25) is 0 Å². The average Bonchev–Trinajstić information content (AvgIpc) is 3.29. The van der Waals surface area contributed by atoms with Gasteiger partial charge in [-0.3, -0.25) is 14.9 Å². The summed E-state index contributed by atoms with van der Waals surface area (Å²) in [6.45, 7) is 0.350. The lowest BCUT2D eigenvalue weighted by Crippen LogP contribution is -2.09. The van der Waals surface area contributed by atoms with Gasteiger partial charge in [-0.2, -0.15) is 0 Å². The zero-order valence-electron chi connectivity index (χ0n) is 16.4. The van der Waals surface area contributed by atoms with Gasteiger partial charge in [0.2, 0.25) is 11.8 Å². The smallest absolute Gasteiger partial charge is 0.293 e. The Balaban J connectivity index is 1.44. The summed E-state index contributed by atoms with van der Waals surface area (Å²) in [6.07, 6.45) is 0.391. The fourth-order valence-electron chi connectivity index (χ4n) is 3.09. The van der Waals surface area contributed by atoms with Crippen LogP contribution in [0.25, 0.3) is 11.5 Å². The van der Waals surface area contributed by atoms with E-state index in [2.05, 4.69) is 15.5 Å². The highest BCUT2D eigenvalue weighted by atomic mass is 16.6. The number of nitro groups is 1. The Morgan fingerprint density at radius 3 is 2.35 bits per heavy atom. The van der Waals surface area contributed by atoms with Gasteiger partial charge in [0.1, 0.15) is 5.69 Å². The third kappa shape index (κ3) is 4.64. The summed E-state index contributed by atoms with van der Waals surface area (Å²) in [5, 5.41) is 22.6. The molecule has 0 amide bonds. The highest BCUT2D eigenvalue weighted by Gasteiger charge is 2.18. The lowest BCUT2D eigenvalue weighted by molar-refractivity contribution is -0.384. The van der Waals surface area contributed by atoms with Gasteiger partial charge in [0.25, 0.3) is 5.69 Å². The minimum Gasteiger partial charge on any atom is -0.421 e. The third-order valence-electron chi connectivity index (χ3n) is 4.63. The highest BCUT2D eigenvalue weighted by molar-refractivity contribution is 6.09. The minimum atomic E-state index is -0.510. The van der Waals surface area contributed by atoms with Crippen molar-refractivity contribution in [1.29, 1.82) is 0 Å². The van der Waals surface area contributed by atoms with Crippen LogP contribution in [0, 0.1) is 10.1 Å². The van der Waals surface area contributed by atoms with Crippen LogP contribution in [0.5, 0.6) is 0 Å². The predicted octanol–water partition coefficient (Wildman–Crippen LogP) is 4.53. The number of nitrogens with one attached hydrogen (secondary N) is 1. The second kappa shape index (κ2) is 9.00. The second-order valence-corrected chi connectivity index (χ2v) is 6.73. The van der Waals surface area contributed by atoms with E-state index < -0.39 is 4.92 Å². The minimum absolute atomic E-state index is 0.169. The molecule has 0 aliphatic heterocycles. The van der Waals surface area contributed by atoms with Gasteiger partial charge < -0.3 is 9.73 Å². The molecule has 0 saturated carbocycles. The van der Waals surface area contributed by atoms with Gasteiger partial charge in [-0.15, -0.1) is 10.2 Å². The van der Waals surface area contributed by atoms with Crippen LogP contribution in [-0.4, -0.2) is 27.4 Å². The van der Waals surface area contributed by atoms with Crippen LogP contribution in [0.1, 0.15) is 21.8 Å². The van der Waals surface area contributed by atoms with Crippen molar-refractivity contribution in [3.63, 3.8) is 0 Å². The Labute approximate surface area is 177 Å². The van der Waals surface area contributed by atoms with Crippen molar-refractivity contribution in [2.24, 2.45) is 0 Å². The van der Waals surface area contributed by atoms with E-state index in [9.17, 15) is 14.9 Å². The van der Waals surface area contributed by atoms with Gasteiger partial charge in [-0.05, 0) is 24.3 Å². The number of rotatable bonds is 8. The second-order valence-electron chi connectivity index (χ2n) is 6.73. The molecule has 0 fully saturated rings. The van der Waals surface area contributed by atoms with Gasteiger partial charge >= 0.3 is 0 Å².